The third-order valence-corrected chi connectivity index (χ3v) is 13.2. The molecular formula is C41H60N6O10S. The quantitative estimate of drug-likeness (QED) is 0.119. The van der Waals surface area contributed by atoms with E-state index in [9.17, 15) is 19.2 Å². The number of carbonyl (C=O) groups excluding carboxylic acids is 4. The van der Waals surface area contributed by atoms with Crippen molar-refractivity contribution >= 4 is 40.7 Å². The lowest BCUT2D eigenvalue weighted by atomic mass is 9.70. The van der Waals surface area contributed by atoms with Crippen molar-refractivity contribution in [1.29, 1.82) is 0 Å². The number of aromatic nitrogens is 3. The first kappa shape index (κ1) is 45.2. The Morgan fingerprint density at radius 1 is 1.02 bits per heavy atom. The highest BCUT2D eigenvalue weighted by molar-refractivity contribution is 7.14. The Bertz CT molecular complexity index is 1820. The molecule has 0 aromatic carbocycles. The first-order valence-corrected chi connectivity index (χ1v) is 20.8. The van der Waals surface area contributed by atoms with Gasteiger partial charge in [-0.05, 0) is 80.6 Å². The molecule has 2 N–H and O–H groups in total. The number of ketones is 2. The van der Waals surface area contributed by atoms with E-state index in [0.29, 0.717) is 22.1 Å². The van der Waals surface area contributed by atoms with Crippen molar-refractivity contribution < 1.29 is 47.7 Å². The van der Waals surface area contributed by atoms with Crippen LogP contribution in [0.15, 0.2) is 29.6 Å². The molecule has 320 valence electrons. The number of hydrogen-bond donors (Lipinski definition) is 1. The molecule has 0 bridgehead atoms. The van der Waals surface area contributed by atoms with E-state index in [1.165, 1.54) is 32.3 Å². The molecule has 3 aliphatic heterocycles. The van der Waals surface area contributed by atoms with Gasteiger partial charge in [-0.25, -0.2) is 0 Å². The van der Waals surface area contributed by atoms with Crippen LogP contribution in [0.2, 0.25) is 0 Å². The monoisotopic (exact) mass is 828 g/mol. The lowest BCUT2D eigenvalue weighted by molar-refractivity contribution is -0.263. The Morgan fingerprint density at radius 3 is 2.36 bits per heavy atom. The number of esters is 2. The first-order valence-electron chi connectivity index (χ1n) is 20.0. The Kier molecular flexibility index (Phi) is 14.1. The number of Topliss-reactive ketones (excluding diaryl/α,β-unsaturated/α-hetero) is 2. The summed E-state index contributed by atoms with van der Waals surface area (Å²) in [6.07, 6.45) is -1.47. The molecule has 5 heterocycles. The van der Waals surface area contributed by atoms with Gasteiger partial charge in [-0.1, -0.05) is 43.3 Å². The number of carbonyl (C=O) groups is 4. The zero-order valence-corrected chi connectivity index (χ0v) is 36.5. The summed E-state index contributed by atoms with van der Waals surface area (Å²) in [5.41, 5.74) is 4.31. The van der Waals surface area contributed by atoms with Gasteiger partial charge in [0.15, 0.2) is 34.0 Å². The Morgan fingerprint density at radius 2 is 1.72 bits per heavy atom. The van der Waals surface area contributed by atoms with Crippen LogP contribution in [0.1, 0.15) is 92.7 Å². The van der Waals surface area contributed by atoms with Crippen molar-refractivity contribution in [2.75, 3.05) is 21.2 Å². The summed E-state index contributed by atoms with van der Waals surface area (Å²) < 4.78 is 31.0. The van der Waals surface area contributed by atoms with Crippen LogP contribution >= 0.6 is 11.3 Å². The second-order valence-corrected chi connectivity index (χ2v) is 18.1. The minimum Gasteiger partial charge on any atom is -0.458 e. The molecule has 2 aromatic rings. The largest absolute Gasteiger partial charge is 0.458 e. The van der Waals surface area contributed by atoms with Crippen LogP contribution in [0.5, 0.6) is 0 Å². The third-order valence-electron chi connectivity index (χ3n) is 12.1. The molecule has 0 amide bonds. The second-order valence-electron chi connectivity index (χ2n) is 17.1. The Balaban J connectivity index is 1.47. The van der Waals surface area contributed by atoms with Gasteiger partial charge in [-0.15, -0.1) is 10.2 Å². The van der Waals surface area contributed by atoms with E-state index in [1.54, 1.807) is 53.8 Å². The Hall–Kier alpha value is -3.90. The van der Waals surface area contributed by atoms with E-state index in [4.69, 9.17) is 34.3 Å². The fraction of sp³-hybridized carbons (Fsp3) is 0.707. The van der Waals surface area contributed by atoms with Crippen LogP contribution in [0, 0.1) is 35.0 Å². The van der Waals surface area contributed by atoms with E-state index in [1.807, 2.05) is 33.2 Å². The van der Waals surface area contributed by atoms with Crippen LogP contribution in [-0.2, 0) is 47.7 Å². The topological polar surface area (TPSA) is 204 Å². The van der Waals surface area contributed by atoms with Gasteiger partial charge in [0.1, 0.15) is 35.0 Å². The normalized spacial score (nSPS) is 35.8. The summed E-state index contributed by atoms with van der Waals surface area (Å²) in [5.74, 6) is -7.04. The van der Waals surface area contributed by atoms with Crippen molar-refractivity contribution in [3.8, 4) is 10.7 Å². The molecule has 0 radical (unpaired) electrons. The van der Waals surface area contributed by atoms with Crippen molar-refractivity contribution in [3.05, 3.63) is 29.4 Å². The molecular weight excluding hydrogens is 769 g/mol. The highest BCUT2D eigenvalue weighted by atomic mass is 32.1. The summed E-state index contributed by atoms with van der Waals surface area (Å²) in [5, 5.41) is 13.7. The van der Waals surface area contributed by atoms with Gasteiger partial charge < -0.3 is 39.2 Å². The molecule has 13 atom stereocenters. The van der Waals surface area contributed by atoms with Crippen LogP contribution in [0.25, 0.3) is 10.7 Å². The van der Waals surface area contributed by atoms with Gasteiger partial charge in [0.25, 0.3) is 0 Å². The van der Waals surface area contributed by atoms with E-state index < -0.39 is 89.0 Å². The summed E-state index contributed by atoms with van der Waals surface area (Å²) in [7, 11) is 5.52. The van der Waals surface area contributed by atoms with Crippen LogP contribution in [-0.4, -0.2) is 113 Å². The van der Waals surface area contributed by atoms with Crippen molar-refractivity contribution in [3.63, 3.8) is 0 Å². The molecule has 17 heteroatoms. The molecule has 0 spiro atoms. The van der Waals surface area contributed by atoms with Crippen molar-refractivity contribution in [1.82, 2.24) is 20.1 Å². The van der Waals surface area contributed by atoms with Gasteiger partial charge >= 0.3 is 11.9 Å². The summed E-state index contributed by atoms with van der Waals surface area (Å²) in [6.45, 7) is 15.3. The second kappa shape index (κ2) is 18.2. The summed E-state index contributed by atoms with van der Waals surface area (Å²) in [4.78, 5) is 69.0. The highest BCUT2D eigenvalue weighted by Crippen LogP contribution is 2.43. The number of rotatable bonds is 9. The molecule has 3 saturated heterocycles. The number of nitrogens with zero attached hydrogens (tertiary/aromatic N) is 5. The number of fused-ring (bicyclic) bond motifs is 1. The smallest absolute Gasteiger partial charge is 0.319 e. The molecule has 3 fully saturated rings. The third kappa shape index (κ3) is 9.43. The standard InChI is InChI=1S/C41H60N6O10S/c1-20-19-41(9,52-12)34(55-28-18-26(47(10)11)17-21(2)53-28)23(4)33(49)40(7,8)39(51)54-24(5)32-29(22(3)31(20)48)30(38(50)56-32)35(42)46-57-25(6)36-44-45-37(58-36)27-15-13-14-16-43-27/h13-16,20-26,28-30,32,34H,17-19H2,1-12H3,(H2,42,46)/t20-,21?,22-,23?,24?,25?,26?,28?,29?,30?,32?,34-,41-/m1/s1. The molecule has 16 nitrogen and oxygen atoms in total. The van der Waals surface area contributed by atoms with Crippen molar-refractivity contribution in [2.45, 2.75) is 130 Å². The number of amidine groups is 1. The van der Waals surface area contributed by atoms with Gasteiger partial charge in [-0.2, -0.15) is 0 Å². The van der Waals surface area contributed by atoms with E-state index in [-0.39, 0.29) is 30.2 Å². The maximum atomic E-state index is 14.6. The number of cyclic esters (lactones) is 1. The molecule has 58 heavy (non-hydrogen) atoms. The van der Waals surface area contributed by atoms with Crippen LogP contribution < -0.4 is 5.73 Å². The zero-order valence-electron chi connectivity index (χ0n) is 35.7. The molecule has 9 unspecified atom stereocenters. The van der Waals surface area contributed by atoms with Crippen LogP contribution in [0.3, 0.4) is 0 Å². The summed E-state index contributed by atoms with van der Waals surface area (Å²) >= 11 is 1.27. The predicted octanol–water partition coefficient (Wildman–Crippen LogP) is 4.76. The minimum atomic E-state index is -1.66. The van der Waals surface area contributed by atoms with Gasteiger partial charge in [-0.3, -0.25) is 24.2 Å². The molecule has 2 aromatic heterocycles. The number of hydrogen-bond acceptors (Lipinski definition) is 16. The fourth-order valence-corrected chi connectivity index (χ4v) is 9.35. The average molecular weight is 829 g/mol. The predicted molar refractivity (Wildman–Crippen MR) is 214 cm³/mol. The molecule has 0 aliphatic carbocycles. The fourth-order valence-electron chi connectivity index (χ4n) is 8.55. The lowest BCUT2D eigenvalue weighted by Crippen LogP contribution is -2.56. The van der Waals surface area contributed by atoms with E-state index >= 15 is 0 Å². The van der Waals surface area contributed by atoms with Gasteiger partial charge in [0, 0.05) is 49.4 Å². The van der Waals surface area contributed by atoms with Gasteiger partial charge in [0.05, 0.1) is 17.8 Å². The lowest BCUT2D eigenvalue weighted by Gasteiger charge is -2.45. The van der Waals surface area contributed by atoms with Crippen molar-refractivity contribution in [2.24, 2.45) is 45.9 Å². The summed E-state index contributed by atoms with van der Waals surface area (Å²) in [6, 6.07) is 5.63. The number of nitrogens with two attached hydrogens (primary N) is 1. The number of pyridine rings is 1. The Labute approximate surface area is 344 Å². The highest BCUT2D eigenvalue weighted by Gasteiger charge is 2.57. The first-order chi connectivity index (χ1) is 27.2. The van der Waals surface area contributed by atoms with Crippen LogP contribution in [0.4, 0.5) is 0 Å². The number of ether oxygens (including phenoxy) is 5. The van der Waals surface area contributed by atoms with E-state index in [2.05, 4.69) is 25.2 Å². The SMILES string of the molecule is CO[C@]1(C)C[C@@H](C)C(=O)[C@H](C)C2C(/C(N)=N/OC(C)c3nnc(-c4ccccn4)s3)C(=O)OC2C(C)OC(=O)C(C)(C)C(=O)C(C)[C@H]1OC1CC(N(C)C)CC(C)O1. The molecule has 5 rings (SSSR count). The molecule has 3 aliphatic rings. The van der Waals surface area contributed by atoms with Gasteiger partial charge in [0.2, 0.25) is 0 Å². The zero-order chi connectivity index (χ0) is 42.9. The van der Waals surface area contributed by atoms with E-state index in [0.717, 1.165) is 6.42 Å². The maximum Gasteiger partial charge on any atom is 0.319 e. The minimum absolute atomic E-state index is 0.116. The molecule has 0 saturated carbocycles. The average Bonchev–Trinajstić information content (AvgIpc) is 3.83. The maximum absolute atomic E-state index is 14.6. The number of methoxy groups -OCH3 is 1. The number of oxime groups is 1.